The summed E-state index contributed by atoms with van der Waals surface area (Å²) in [6, 6.07) is 1.93. The molecule has 0 aliphatic carbocycles. The third-order valence-electron chi connectivity index (χ3n) is 3.48. The standard InChI is InChI=1S/C14H24N4O/c1-4-19-14-9-13(16-11(2)17-14)18(3)10-12-5-7-15-8-6-12/h9,12,15H,4-8,10H2,1-3H3. The summed E-state index contributed by atoms with van der Waals surface area (Å²) < 4.78 is 5.48. The van der Waals surface area contributed by atoms with Gasteiger partial charge in [-0.3, -0.25) is 0 Å². The minimum atomic E-state index is 0.633. The van der Waals surface area contributed by atoms with E-state index in [1.165, 1.54) is 12.8 Å². The Balaban J connectivity index is 2.02. The third kappa shape index (κ3) is 4.06. The summed E-state index contributed by atoms with van der Waals surface area (Å²) in [5, 5.41) is 3.40. The molecule has 5 nitrogen and oxygen atoms in total. The largest absolute Gasteiger partial charge is 0.478 e. The van der Waals surface area contributed by atoms with Gasteiger partial charge in [-0.05, 0) is 45.7 Å². The van der Waals surface area contributed by atoms with Gasteiger partial charge in [-0.15, -0.1) is 0 Å². The lowest BCUT2D eigenvalue weighted by Crippen LogP contribution is -2.34. The second kappa shape index (κ2) is 6.70. The van der Waals surface area contributed by atoms with E-state index in [2.05, 4.69) is 27.2 Å². The number of nitrogens with one attached hydrogen (secondary N) is 1. The Hall–Kier alpha value is -1.36. The van der Waals surface area contributed by atoms with Crippen molar-refractivity contribution in [3.63, 3.8) is 0 Å². The molecule has 1 aliphatic heterocycles. The first-order valence-electron chi connectivity index (χ1n) is 7.09. The van der Waals surface area contributed by atoms with Crippen molar-refractivity contribution in [1.82, 2.24) is 15.3 Å². The third-order valence-corrected chi connectivity index (χ3v) is 3.48. The van der Waals surface area contributed by atoms with Crippen LogP contribution in [0.5, 0.6) is 5.88 Å². The van der Waals surface area contributed by atoms with Crippen molar-refractivity contribution in [2.75, 3.05) is 38.2 Å². The quantitative estimate of drug-likeness (QED) is 0.876. The van der Waals surface area contributed by atoms with Crippen molar-refractivity contribution >= 4 is 5.82 Å². The van der Waals surface area contributed by atoms with E-state index < -0.39 is 0 Å². The Kier molecular flexibility index (Phi) is 4.96. The van der Waals surface area contributed by atoms with E-state index in [4.69, 9.17) is 4.74 Å². The summed E-state index contributed by atoms with van der Waals surface area (Å²) in [4.78, 5) is 11.0. The van der Waals surface area contributed by atoms with Gasteiger partial charge in [-0.2, -0.15) is 4.98 Å². The zero-order valence-electron chi connectivity index (χ0n) is 12.1. The molecular formula is C14H24N4O. The van der Waals surface area contributed by atoms with Gasteiger partial charge in [0.2, 0.25) is 5.88 Å². The minimum Gasteiger partial charge on any atom is -0.478 e. The number of aryl methyl sites for hydroxylation is 1. The van der Waals surface area contributed by atoms with E-state index in [9.17, 15) is 0 Å². The molecule has 1 aliphatic rings. The number of anilines is 1. The molecule has 19 heavy (non-hydrogen) atoms. The van der Waals surface area contributed by atoms with Crippen LogP contribution in [0.1, 0.15) is 25.6 Å². The highest BCUT2D eigenvalue weighted by molar-refractivity contribution is 5.41. The molecule has 0 atom stereocenters. The number of nitrogens with zero attached hydrogens (tertiary/aromatic N) is 3. The van der Waals surface area contributed by atoms with Gasteiger partial charge in [-0.25, -0.2) is 4.98 Å². The SMILES string of the molecule is CCOc1cc(N(C)CC2CCNCC2)nc(C)n1. The van der Waals surface area contributed by atoms with E-state index in [-0.39, 0.29) is 0 Å². The highest BCUT2D eigenvalue weighted by Gasteiger charge is 2.16. The lowest BCUT2D eigenvalue weighted by molar-refractivity contribution is 0.325. The molecule has 0 aromatic carbocycles. The predicted molar refractivity (Wildman–Crippen MR) is 76.8 cm³/mol. The molecule has 0 radical (unpaired) electrons. The molecule has 0 spiro atoms. The van der Waals surface area contributed by atoms with Crippen molar-refractivity contribution in [1.29, 1.82) is 0 Å². The van der Waals surface area contributed by atoms with Gasteiger partial charge in [0.1, 0.15) is 11.6 Å². The summed E-state index contributed by atoms with van der Waals surface area (Å²) >= 11 is 0. The van der Waals surface area contributed by atoms with Gasteiger partial charge >= 0.3 is 0 Å². The number of rotatable bonds is 5. The van der Waals surface area contributed by atoms with Crippen LogP contribution in [0.25, 0.3) is 0 Å². The van der Waals surface area contributed by atoms with Crippen LogP contribution in [0.15, 0.2) is 6.07 Å². The lowest BCUT2D eigenvalue weighted by Gasteiger charge is -2.28. The Morgan fingerprint density at radius 3 is 2.79 bits per heavy atom. The first-order valence-corrected chi connectivity index (χ1v) is 7.09. The van der Waals surface area contributed by atoms with Crippen LogP contribution < -0.4 is 15.0 Å². The van der Waals surface area contributed by atoms with Crippen LogP contribution in [0.3, 0.4) is 0 Å². The molecule has 1 aromatic rings. The van der Waals surface area contributed by atoms with E-state index in [0.29, 0.717) is 12.5 Å². The molecule has 1 N–H and O–H groups in total. The van der Waals surface area contributed by atoms with E-state index >= 15 is 0 Å². The van der Waals surface area contributed by atoms with Gasteiger partial charge in [-0.1, -0.05) is 0 Å². The van der Waals surface area contributed by atoms with Crippen molar-refractivity contribution in [3.8, 4) is 5.88 Å². The van der Waals surface area contributed by atoms with E-state index in [1.807, 2.05) is 19.9 Å². The second-order valence-corrected chi connectivity index (χ2v) is 5.12. The van der Waals surface area contributed by atoms with Gasteiger partial charge in [0, 0.05) is 19.7 Å². The number of ether oxygens (including phenoxy) is 1. The molecule has 5 heteroatoms. The Morgan fingerprint density at radius 1 is 1.37 bits per heavy atom. The van der Waals surface area contributed by atoms with Gasteiger partial charge in [0.25, 0.3) is 0 Å². The molecule has 2 heterocycles. The summed E-state index contributed by atoms with van der Waals surface area (Å²) in [6.07, 6.45) is 2.49. The van der Waals surface area contributed by atoms with Crippen molar-refractivity contribution in [3.05, 3.63) is 11.9 Å². The Labute approximate surface area is 115 Å². The molecule has 0 amide bonds. The molecular weight excluding hydrogens is 240 g/mol. The molecule has 0 unspecified atom stereocenters. The number of aromatic nitrogens is 2. The monoisotopic (exact) mass is 264 g/mol. The van der Waals surface area contributed by atoms with Gasteiger partial charge in [0.05, 0.1) is 6.61 Å². The van der Waals surface area contributed by atoms with Crippen LogP contribution in [-0.4, -0.2) is 43.3 Å². The maximum absolute atomic E-state index is 5.48. The number of hydrogen-bond acceptors (Lipinski definition) is 5. The second-order valence-electron chi connectivity index (χ2n) is 5.12. The summed E-state index contributed by atoms with van der Waals surface area (Å²) in [6.45, 7) is 7.81. The van der Waals surface area contributed by atoms with Crippen molar-refractivity contribution in [2.24, 2.45) is 5.92 Å². The fraction of sp³-hybridized carbons (Fsp3) is 0.714. The maximum Gasteiger partial charge on any atom is 0.218 e. The van der Waals surface area contributed by atoms with Crippen LogP contribution >= 0.6 is 0 Å². The summed E-state index contributed by atoms with van der Waals surface area (Å²) in [5.74, 6) is 3.13. The van der Waals surface area contributed by atoms with Crippen LogP contribution in [0.4, 0.5) is 5.82 Å². The zero-order chi connectivity index (χ0) is 13.7. The molecule has 2 rings (SSSR count). The minimum absolute atomic E-state index is 0.633. The Morgan fingerprint density at radius 2 is 2.11 bits per heavy atom. The number of hydrogen-bond donors (Lipinski definition) is 1. The molecule has 0 bridgehead atoms. The molecule has 1 saturated heterocycles. The predicted octanol–water partition coefficient (Wildman–Crippen LogP) is 1.62. The van der Waals surface area contributed by atoms with Crippen LogP contribution in [0, 0.1) is 12.8 Å². The highest BCUT2D eigenvalue weighted by atomic mass is 16.5. The smallest absolute Gasteiger partial charge is 0.218 e. The zero-order valence-corrected chi connectivity index (χ0v) is 12.1. The molecule has 1 fully saturated rings. The molecule has 1 aromatic heterocycles. The fourth-order valence-corrected chi connectivity index (χ4v) is 2.49. The van der Waals surface area contributed by atoms with E-state index in [0.717, 1.165) is 37.2 Å². The molecule has 0 saturated carbocycles. The van der Waals surface area contributed by atoms with Gasteiger partial charge in [0.15, 0.2) is 0 Å². The van der Waals surface area contributed by atoms with Gasteiger partial charge < -0.3 is 15.0 Å². The molecule has 106 valence electrons. The number of piperidine rings is 1. The first-order chi connectivity index (χ1) is 9.19. The fourth-order valence-electron chi connectivity index (χ4n) is 2.49. The normalized spacial score (nSPS) is 16.4. The lowest BCUT2D eigenvalue weighted by atomic mass is 9.98. The average Bonchev–Trinajstić information content (AvgIpc) is 2.39. The average molecular weight is 264 g/mol. The van der Waals surface area contributed by atoms with Crippen LogP contribution in [-0.2, 0) is 0 Å². The topological polar surface area (TPSA) is 50.3 Å². The van der Waals surface area contributed by atoms with E-state index in [1.54, 1.807) is 0 Å². The first kappa shape index (κ1) is 14.1. The summed E-state index contributed by atoms with van der Waals surface area (Å²) in [7, 11) is 2.10. The highest BCUT2D eigenvalue weighted by Crippen LogP contribution is 2.20. The van der Waals surface area contributed by atoms with Crippen LogP contribution in [0.2, 0.25) is 0 Å². The Bertz CT molecular complexity index is 404. The van der Waals surface area contributed by atoms with Crippen molar-refractivity contribution in [2.45, 2.75) is 26.7 Å². The maximum atomic E-state index is 5.48. The van der Waals surface area contributed by atoms with Crippen molar-refractivity contribution < 1.29 is 4.74 Å². The summed E-state index contributed by atoms with van der Waals surface area (Å²) in [5.41, 5.74) is 0.